The first-order valence-electron chi connectivity index (χ1n) is 7.16. The zero-order chi connectivity index (χ0) is 16.8. The van der Waals surface area contributed by atoms with Gasteiger partial charge in [0.05, 0.1) is 25.5 Å². The van der Waals surface area contributed by atoms with E-state index in [1.807, 2.05) is 36.4 Å². The zero-order valence-corrected chi connectivity index (χ0v) is 13.7. The highest BCUT2D eigenvalue weighted by Crippen LogP contribution is 2.21. The Bertz CT molecular complexity index is 822. The lowest BCUT2D eigenvalue weighted by atomic mass is 10.2. The third-order valence-electron chi connectivity index (χ3n) is 3.12. The lowest BCUT2D eigenvalue weighted by molar-refractivity contribution is 0.376. The summed E-state index contributed by atoms with van der Waals surface area (Å²) in [5.74, 6) is 1.67. The fourth-order valence-corrected chi connectivity index (χ4v) is 2.16. The molecule has 0 unspecified atom stereocenters. The smallest absolute Gasteiger partial charge is 0.246 e. The Morgan fingerprint density at radius 1 is 1.29 bits per heavy atom. The van der Waals surface area contributed by atoms with Crippen LogP contribution in [0.3, 0.4) is 0 Å². The number of nitrogens with one attached hydrogen (secondary N) is 2. The highest BCUT2D eigenvalue weighted by atomic mass is 32.1. The van der Waals surface area contributed by atoms with Gasteiger partial charge in [-0.25, -0.2) is 0 Å². The number of hydrogen-bond acceptors (Lipinski definition) is 6. The molecule has 3 aromatic rings. The molecule has 0 aliphatic carbocycles. The highest BCUT2D eigenvalue weighted by Gasteiger charge is 2.09. The summed E-state index contributed by atoms with van der Waals surface area (Å²) in [5, 5.41) is 10.4. The van der Waals surface area contributed by atoms with Crippen LogP contribution in [-0.4, -0.2) is 27.3 Å². The molecule has 0 spiro atoms. The molecule has 0 saturated heterocycles. The van der Waals surface area contributed by atoms with Crippen LogP contribution >= 0.6 is 12.2 Å². The first-order valence-corrected chi connectivity index (χ1v) is 7.57. The summed E-state index contributed by atoms with van der Waals surface area (Å²) >= 11 is 5.21. The number of benzene rings is 1. The maximum Gasteiger partial charge on any atom is 0.246 e. The molecule has 0 aliphatic rings. The molecule has 3 rings (SSSR count). The first-order chi connectivity index (χ1) is 11.7. The van der Waals surface area contributed by atoms with E-state index in [1.54, 1.807) is 19.5 Å². The number of aromatic nitrogens is 3. The molecule has 2 heterocycles. The Hall–Kier alpha value is -3.00. The summed E-state index contributed by atoms with van der Waals surface area (Å²) in [6.07, 6.45) is 3.38. The average molecular weight is 341 g/mol. The van der Waals surface area contributed by atoms with Gasteiger partial charge in [0.2, 0.25) is 11.7 Å². The number of hydrogen-bond donors (Lipinski definition) is 2. The first kappa shape index (κ1) is 15.9. The predicted octanol–water partition coefficient (Wildman–Crippen LogP) is 2.63. The normalized spacial score (nSPS) is 10.2. The molecule has 0 saturated carbocycles. The van der Waals surface area contributed by atoms with Gasteiger partial charge in [-0.1, -0.05) is 17.3 Å². The van der Waals surface area contributed by atoms with E-state index in [4.69, 9.17) is 21.5 Å². The molecule has 0 bridgehead atoms. The van der Waals surface area contributed by atoms with Crippen LogP contribution in [-0.2, 0) is 6.54 Å². The Balaban J connectivity index is 1.59. The summed E-state index contributed by atoms with van der Waals surface area (Å²) in [7, 11) is 1.61. The molecule has 0 radical (unpaired) electrons. The van der Waals surface area contributed by atoms with Crippen molar-refractivity contribution in [2.24, 2.45) is 0 Å². The quantitative estimate of drug-likeness (QED) is 0.685. The number of ether oxygens (including phenoxy) is 1. The van der Waals surface area contributed by atoms with Crippen LogP contribution in [0.15, 0.2) is 53.3 Å². The van der Waals surface area contributed by atoms with Gasteiger partial charge in [0.1, 0.15) is 5.75 Å². The lowest BCUT2D eigenvalue weighted by Gasteiger charge is -2.07. The van der Waals surface area contributed by atoms with Crippen LogP contribution < -0.4 is 15.4 Å². The summed E-state index contributed by atoms with van der Waals surface area (Å²) in [5.41, 5.74) is 1.62. The van der Waals surface area contributed by atoms with Gasteiger partial charge in [-0.3, -0.25) is 4.98 Å². The number of pyridine rings is 1. The van der Waals surface area contributed by atoms with Crippen molar-refractivity contribution in [3.63, 3.8) is 0 Å². The summed E-state index contributed by atoms with van der Waals surface area (Å²) in [6, 6.07) is 11.2. The second kappa shape index (κ2) is 7.51. The van der Waals surface area contributed by atoms with E-state index in [0.717, 1.165) is 17.0 Å². The summed E-state index contributed by atoms with van der Waals surface area (Å²) < 4.78 is 10.4. The fourth-order valence-electron chi connectivity index (χ4n) is 1.97. The van der Waals surface area contributed by atoms with E-state index >= 15 is 0 Å². The third-order valence-corrected chi connectivity index (χ3v) is 3.36. The monoisotopic (exact) mass is 341 g/mol. The van der Waals surface area contributed by atoms with Crippen LogP contribution in [0.1, 0.15) is 5.89 Å². The number of methoxy groups -OCH3 is 1. The second-order valence-electron chi connectivity index (χ2n) is 4.79. The molecule has 7 nitrogen and oxygen atoms in total. The highest BCUT2D eigenvalue weighted by molar-refractivity contribution is 7.80. The van der Waals surface area contributed by atoms with Gasteiger partial charge in [0.25, 0.3) is 0 Å². The zero-order valence-electron chi connectivity index (χ0n) is 12.9. The van der Waals surface area contributed by atoms with Gasteiger partial charge in [-0.2, -0.15) is 4.98 Å². The van der Waals surface area contributed by atoms with Gasteiger partial charge in [-0.05, 0) is 36.5 Å². The van der Waals surface area contributed by atoms with Crippen molar-refractivity contribution >= 4 is 23.0 Å². The van der Waals surface area contributed by atoms with E-state index in [-0.39, 0.29) is 0 Å². The van der Waals surface area contributed by atoms with E-state index < -0.39 is 0 Å². The molecule has 24 heavy (non-hydrogen) atoms. The maximum absolute atomic E-state index is 5.23. The number of anilines is 1. The molecule has 2 N–H and O–H groups in total. The van der Waals surface area contributed by atoms with Crippen LogP contribution in [0, 0.1) is 0 Å². The van der Waals surface area contributed by atoms with Crippen LogP contribution in [0.5, 0.6) is 5.75 Å². The largest absolute Gasteiger partial charge is 0.497 e. The van der Waals surface area contributed by atoms with E-state index in [0.29, 0.717) is 23.4 Å². The Morgan fingerprint density at radius 2 is 2.21 bits per heavy atom. The number of rotatable bonds is 5. The fraction of sp³-hybridized carbons (Fsp3) is 0.125. The van der Waals surface area contributed by atoms with E-state index in [2.05, 4.69) is 25.8 Å². The van der Waals surface area contributed by atoms with Crippen molar-refractivity contribution < 1.29 is 9.26 Å². The Morgan fingerprint density at radius 3 is 3.00 bits per heavy atom. The molecular formula is C16H15N5O2S. The molecule has 0 aliphatic heterocycles. The van der Waals surface area contributed by atoms with Gasteiger partial charge >= 0.3 is 0 Å². The molecule has 0 atom stereocenters. The van der Waals surface area contributed by atoms with Gasteiger partial charge < -0.3 is 19.9 Å². The summed E-state index contributed by atoms with van der Waals surface area (Å²) in [6.45, 7) is 0.322. The minimum atomic E-state index is 0.322. The minimum Gasteiger partial charge on any atom is -0.497 e. The van der Waals surface area contributed by atoms with Crippen molar-refractivity contribution in [3.8, 4) is 17.1 Å². The molecule has 0 amide bonds. The summed E-state index contributed by atoms with van der Waals surface area (Å²) in [4.78, 5) is 8.35. The van der Waals surface area contributed by atoms with Gasteiger partial charge in [-0.15, -0.1) is 0 Å². The van der Waals surface area contributed by atoms with Gasteiger partial charge in [0.15, 0.2) is 5.11 Å². The molecule has 122 valence electrons. The maximum atomic E-state index is 5.23. The van der Waals surface area contributed by atoms with E-state index in [9.17, 15) is 0 Å². The van der Waals surface area contributed by atoms with Crippen LogP contribution in [0.4, 0.5) is 5.69 Å². The van der Waals surface area contributed by atoms with Crippen molar-refractivity contribution in [1.82, 2.24) is 20.4 Å². The molecule has 8 heteroatoms. The molecule has 0 fully saturated rings. The van der Waals surface area contributed by atoms with Crippen LogP contribution in [0.25, 0.3) is 11.4 Å². The third kappa shape index (κ3) is 4.05. The van der Waals surface area contributed by atoms with Crippen molar-refractivity contribution in [2.45, 2.75) is 6.54 Å². The van der Waals surface area contributed by atoms with Crippen LogP contribution in [0.2, 0.25) is 0 Å². The Labute approximate surface area is 144 Å². The molecule has 2 aromatic heterocycles. The minimum absolute atomic E-state index is 0.322. The Kier molecular flexibility index (Phi) is 4.97. The predicted molar refractivity (Wildman–Crippen MR) is 93.6 cm³/mol. The number of thiocarbonyl (C=S) groups is 1. The SMILES string of the molecule is COc1cccc(-c2noc(CNC(=S)Nc3cccnc3)n2)c1. The average Bonchev–Trinajstić information content (AvgIpc) is 3.10. The molecular weight excluding hydrogens is 326 g/mol. The second-order valence-corrected chi connectivity index (χ2v) is 5.20. The van der Waals surface area contributed by atoms with Crippen molar-refractivity contribution in [1.29, 1.82) is 0 Å². The van der Waals surface area contributed by atoms with E-state index in [1.165, 1.54) is 0 Å². The topological polar surface area (TPSA) is 85.1 Å². The number of nitrogens with zero attached hydrogens (tertiary/aromatic N) is 3. The van der Waals surface area contributed by atoms with Crippen molar-refractivity contribution in [2.75, 3.05) is 12.4 Å². The van der Waals surface area contributed by atoms with Gasteiger partial charge in [0, 0.05) is 11.8 Å². The standard InChI is InChI=1S/C16H15N5O2S/c1-22-13-6-2-4-11(8-13)15-20-14(23-21-15)10-18-16(24)19-12-5-3-7-17-9-12/h2-9H,10H2,1H3,(H2,18,19,24). The van der Waals surface area contributed by atoms with Crippen molar-refractivity contribution in [3.05, 3.63) is 54.7 Å². The lowest BCUT2D eigenvalue weighted by Crippen LogP contribution is -2.28. The molecule has 1 aromatic carbocycles.